The quantitative estimate of drug-likeness (QED) is 0.591. The fraction of sp³-hybridized carbons (Fsp3) is 0.174. The van der Waals surface area contributed by atoms with Crippen LogP contribution >= 0.6 is 0 Å². The number of rotatable bonds is 7. The molecule has 6 nitrogen and oxygen atoms in total. The monoisotopic (exact) mass is 440 g/mol. The highest BCUT2D eigenvalue weighted by Gasteiger charge is 2.19. The highest BCUT2D eigenvalue weighted by molar-refractivity contribution is 7.89. The van der Waals surface area contributed by atoms with Crippen molar-refractivity contribution < 1.29 is 22.3 Å². The summed E-state index contributed by atoms with van der Waals surface area (Å²) in [6.07, 6.45) is 0.706. The van der Waals surface area contributed by atoms with Gasteiger partial charge in [-0.25, -0.2) is 17.5 Å². The van der Waals surface area contributed by atoms with Gasteiger partial charge in [-0.05, 0) is 59.2 Å². The fourth-order valence-corrected chi connectivity index (χ4v) is 4.32. The van der Waals surface area contributed by atoms with Gasteiger partial charge in [0.1, 0.15) is 11.6 Å². The number of carbonyl (C=O) groups excluding carboxylic acids is 1. The third kappa shape index (κ3) is 5.10. The van der Waals surface area contributed by atoms with E-state index in [-0.39, 0.29) is 17.3 Å². The Morgan fingerprint density at radius 2 is 1.61 bits per heavy atom. The third-order valence-electron chi connectivity index (χ3n) is 5.02. The van der Waals surface area contributed by atoms with Gasteiger partial charge in [0, 0.05) is 25.1 Å². The lowest BCUT2D eigenvalue weighted by Gasteiger charge is -2.09. The molecule has 4 rings (SSSR count). The number of sulfonamides is 1. The summed E-state index contributed by atoms with van der Waals surface area (Å²) in [5, 5.41) is 2.77. The van der Waals surface area contributed by atoms with Crippen molar-refractivity contribution in [3.63, 3.8) is 0 Å². The largest absolute Gasteiger partial charge is 0.493 e. The average molecular weight is 440 g/mol. The number of fused-ring (bicyclic) bond motifs is 1. The van der Waals surface area contributed by atoms with E-state index in [1.165, 1.54) is 24.3 Å². The zero-order valence-electron chi connectivity index (χ0n) is 16.6. The van der Waals surface area contributed by atoms with Crippen LogP contribution in [0.2, 0.25) is 0 Å². The number of hydrogen-bond acceptors (Lipinski definition) is 4. The van der Waals surface area contributed by atoms with Gasteiger partial charge in [-0.2, -0.15) is 0 Å². The maximum atomic E-state index is 12.9. The van der Waals surface area contributed by atoms with Gasteiger partial charge in [0.25, 0.3) is 5.91 Å². The molecule has 0 fully saturated rings. The molecular weight excluding hydrogens is 419 g/mol. The van der Waals surface area contributed by atoms with E-state index in [4.69, 9.17) is 4.74 Å². The Labute approximate surface area is 180 Å². The molecule has 0 aromatic heterocycles. The number of amides is 1. The lowest BCUT2D eigenvalue weighted by Crippen LogP contribution is -2.24. The average Bonchev–Trinajstić information content (AvgIpc) is 3.25. The molecular formula is C23H21FN2O4S. The maximum absolute atomic E-state index is 12.9. The first-order valence-electron chi connectivity index (χ1n) is 9.78. The Morgan fingerprint density at radius 3 is 2.32 bits per heavy atom. The summed E-state index contributed by atoms with van der Waals surface area (Å²) in [6.45, 7) is 1.03. The molecule has 0 saturated carbocycles. The topological polar surface area (TPSA) is 84.5 Å². The molecule has 31 heavy (non-hydrogen) atoms. The van der Waals surface area contributed by atoms with Gasteiger partial charge in [-0.1, -0.05) is 24.3 Å². The summed E-state index contributed by atoms with van der Waals surface area (Å²) < 4.78 is 46.1. The highest BCUT2D eigenvalue weighted by atomic mass is 32.2. The van der Waals surface area contributed by atoms with Crippen molar-refractivity contribution >= 4 is 15.9 Å². The molecule has 1 amide bonds. The van der Waals surface area contributed by atoms with Gasteiger partial charge < -0.3 is 10.1 Å². The highest BCUT2D eigenvalue weighted by Crippen LogP contribution is 2.27. The minimum atomic E-state index is -3.63. The van der Waals surface area contributed by atoms with Crippen molar-refractivity contribution in [3.05, 3.63) is 94.8 Å². The molecule has 0 unspecified atom stereocenters. The lowest BCUT2D eigenvalue weighted by molar-refractivity contribution is 0.0951. The summed E-state index contributed by atoms with van der Waals surface area (Å²) in [7, 11) is -3.63. The third-order valence-corrected chi connectivity index (χ3v) is 6.42. The van der Waals surface area contributed by atoms with Crippen LogP contribution < -0.4 is 14.8 Å². The van der Waals surface area contributed by atoms with Crippen molar-refractivity contribution in [2.75, 3.05) is 6.61 Å². The Balaban J connectivity index is 1.32. The molecule has 1 heterocycles. The first kappa shape index (κ1) is 21.0. The second kappa shape index (κ2) is 8.87. The summed E-state index contributed by atoms with van der Waals surface area (Å²) in [4.78, 5) is 12.3. The van der Waals surface area contributed by atoms with Crippen molar-refractivity contribution in [1.82, 2.24) is 10.0 Å². The molecule has 1 aliphatic rings. The van der Waals surface area contributed by atoms with E-state index in [1.54, 1.807) is 30.3 Å². The zero-order valence-corrected chi connectivity index (χ0v) is 17.4. The SMILES string of the molecule is O=C(NCc1ccc(CNS(=O)(=O)c2ccc3c(c2)CCO3)cc1)c1ccc(F)cc1. The zero-order chi connectivity index (χ0) is 21.8. The molecule has 8 heteroatoms. The second-order valence-electron chi connectivity index (χ2n) is 7.20. The van der Waals surface area contributed by atoms with Gasteiger partial charge in [0.05, 0.1) is 11.5 Å². The van der Waals surface area contributed by atoms with Gasteiger partial charge in [0.2, 0.25) is 10.0 Å². The standard InChI is InChI=1S/C23H21FN2O4S/c24-20-7-5-18(6-8-20)23(27)25-14-16-1-3-17(4-2-16)15-26-31(28,29)21-9-10-22-19(13-21)11-12-30-22/h1-10,13,26H,11-12,14-15H2,(H,25,27). The van der Waals surface area contributed by atoms with E-state index in [9.17, 15) is 17.6 Å². The van der Waals surface area contributed by atoms with E-state index < -0.39 is 15.8 Å². The first-order valence-corrected chi connectivity index (χ1v) is 11.3. The Morgan fingerprint density at radius 1 is 0.935 bits per heavy atom. The molecule has 0 atom stereocenters. The van der Waals surface area contributed by atoms with Crippen LogP contribution in [0.25, 0.3) is 0 Å². The molecule has 0 radical (unpaired) electrons. The smallest absolute Gasteiger partial charge is 0.251 e. The van der Waals surface area contributed by atoms with E-state index in [0.29, 0.717) is 25.1 Å². The Kier molecular flexibility index (Phi) is 6.01. The maximum Gasteiger partial charge on any atom is 0.251 e. The fourth-order valence-electron chi connectivity index (χ4n) is 3.25. The van der Waals surface area contributed by atoms with E-state index in [0.717, 1.165) is 22.4 Å². The number of nitrogens with one attached hydrogen (secondary N) is 2. The number of carbonyl (C=O) groups is 1. The Hall–Kier alpha value is -3.23. The van der Waals surface area contributed by atoms with Crippen LogP contribution in [0.5, 0.6) is 5.75 Å². The van der Waals surface area contributed by atoms with E-state index >= 15 is 0 Å². The van der Waals surface area contributed by atoms with Crippen molar-refractivity contribution in [2.24, 2.45) is 0 Å². The molecule has 2 N–H and O–H groups in total. The van der Waals surface area contributed by atoms with Gasteiger partial charge >= 0.3 is 0 Å². The van der Waals surface area contributed by atoms with Crippen molar-refractivity contribution in [3.8, 4) is 5.75 Å². The number of hydrogen-bond donors (Lipinski definition) is 2. The van der Waals surface area contributed by atoms with Crippen molar-refractivity contribution in [2.45, 2.75) is 24.4 Å². The van der Waals surface area contributed by atoms with Crippen LogP contribution in [-0.4, -0.2) is 20.9 Å². The predicted molar refractivity (Wildman–Crippen MR) is 114 cm³/mol. The molecule has 3 aromatic carbocycles. The summed E-state index contributed by atoms with van der Waals surface area (Å²) in [6, 6.07) is 17.5. The van der Waals surface area contributed by atoms with Crippen LogP contribution in [0, 0.1) is 5.82 Å². The minimum Gasteiger partial charge on any atom is -0.493 e. The molecule has 0 aliphatic carbocycles. The molecule has 0 spiro atoms. The van der Waals surface area contributed by atoms with Crippen LogP contribution in [0.15, 0.2) is 71.6 Å². The van der Waals surface area contributed by atoms with E-state index in [2.05, 4.69) is 10.0 Å². The predicted octanol–water partition coefficient (Wildman–Crippen LogP) is 3.17. The van der Waals surface area contributed by atoms with Gasteiger partial charge in [-0.3, -0.25) is 4.79 Å². The van der Waals surface area contributed by atoms with Gasteiger partial charge in [0.15, 0.2) is 0 Å². The molecule has 3 aromatic rings. The minimum absolute atomic E-state index is 0.151. The summed E-state index contributed by atoms with van der Waals surface area (Å²) >= 11 is 0. The van der Waals surface area contributed by atoms with Crippen LogP contribution in [0.1, 0.15) is 27.0 Å². The molecule has 0 bridgehead atoms. The summed E-state index contributed by atoms with van der Waals surface area (Å²) in [5.41, 5.74) is 2.93. The summed E-state index contributed by atoms with van der Waals surface area (Å²) in [5.74, 6) is 0.0468. The number of benzene rings is 3. The van der Waals surface area contributed by atoms with Crippen LogP contribution in [0.3, 0.4) is 0 Å². The second-order valence-corrected chi connectivity index (χ2v) is 8.97. The lowest BCUT2D eigenvalue weighted by atomic mass is 10.1. The normalized spacial score (nSPS) is 12.8. The number of halogens is 1. The van der Waals surface area contributed by atoms with E-state index in [1.807, 2.05) is 12.1 Å². The van der Waals surface area contributed by atoms with Gasteiger partial charge in [-0.15, -0.1) is 0 Å². The first-order chi connectivity index (χ1) is 14.9. The molecule has 160 valence electrons. The number of ether oxygens (including phenoxy) is 1. The molecule has 1 aliphatic heterocycles. The Bertz CT molecular complexity index is 1190. The van der Waals surface area contributed by atoms with Crippen LogP contribution in [-0.2, 0) is 29.5 Å². The van der Waals surface area contributed by atoms with Crippen LogP contribution in [0.4, 0.5) is 4.39 Å². The molecule has 0 saturated heterocycles. The van der Waals surface area contributed by atoms with Crippen molar-refractivity contribution in [1.29, 1.82) is 0 Å².